The third kappa shape index (κ3) is 4.59. The minimum Gasteiger partial charge on any atom is -0.326 e. The second-order valence-corrected chi connectivity index (χ2v) is 7.14. The summed E-state index contributed by atoms with van der Waals surface area (Å²) < 4.78 is 0. The minimum atomic E-state index is 0.0794. The molecule has 0 bridgehead atoms. The summed E-state index contributed by atoms with van der Waals surface area (Å²) in [5.41, 5.74) is 1.67. The molecule has 2 fully saturated rings. The molecule has 1 saturated heterocycles. The summed E-state index contributed by atoms with van der Waals surface area (Å²) in [7, 11) is 0. The number of carbonyl (C=O) groups is 2. The second-order valence-electron chi connectivity index (χ2n) is 7.14. The van der Waals surface area contributed by atoms with E-state index in [4.69, 9.17) is 0 Å². The van der Waals surface area contributed by atoms with Crippen LogP contribution in [0.1, 0.15) is 64.2 Å². The van der Waals surface area contributed by atoms with Crippen molar-refractivity contribution >= 4 is 23.2 Å². The summed E-state index contributed by atoms with van der Waals surface area (Å²) >= 11 is 0. The van der Waals surface area contributed by atoms with Crippen LogP contribution in [0.3, 0.4) is 0 Å². The second kappa shape index (κ2) is 8.32. The van der Waals surface area contributed by atoms with Crippen molar-refractivity contribution in [1.82, 2.24) is 0 Å². The van der Waals surface area contributed by atoms with E-state index in [0.29, 0.717) is 12.8 Å². The Balaban J connectivity index is 1.46. The highest BCUT2D eigenvalue weighted by Gasteiger charge is 2.21. The SMILES string of the molecule is O=C(CCCC1CCCCC1)Nc1cccc(N2CCCC2=O)c1. The van der Waals surface area contributed by atoms with Crippen LogP contribution in [-0.2, 0) is 9.59 Å². The number of amides is 2. The van der Waals surface area contributed by atoms with E-state index >= 15 is 0 Å². The summed E-state index contributed by atoms with van der Waals surface area (Å²) in [4.78, 5) is 25.8. The Labute approximate surface area is 144 Å². The Bertz CT molecular complexity index is 579. The van der Waals surface area contributed by atoms with Crippen LogP contribution in [-0.4, -0.2) is 18.4 Å². The van der Waals surface area contributed by atoms with Gasteiger partial charge in [0, 0.05) is 30.8 Å². The van der Waals surface area contributed by atoms with Crippen LogP contribution in [0.2, 0.25) is 0 Å². The standard InChI is InChI=1S/C20H28N2O2/c23-19(12-4-9-16-7-2-1-3-8-16)21-17-10-5-11-18(15-17)22-14-6-13-20(22)24/h5,10-11,15-16H,1-4,6-9,12-14H2,(H,21,23). The van der Waals surface area contributed by atoms with E-state index in [1.165, 1.54) is 38.5 Å². The largest absolute Gasteiger partial charge is 0.326 e. The van der Waals surface area contributed by atoms with Crippen LogP contribution in [0.4, 0.5) is 11.4 Å². The van der Waals surface area contributed by atoms with E-state index in [1.54, 1.807) is 4.90 Å². The molecule has 1 saturated carbocycles. The van der Waals surface area contributed by atoms with Crippen LogP contribution in [0.15, 0.2) is 24.3 Å². The lowest BCUT2D eigenvalue weighted by atomic mass is 9.86. The third-order valence-electron chi connectivity index (χ3n) is 5.26. The van der Waals surface area contributed by atoms with Crippen LogP contribution >= 0.6 is 0 Å². The summed E-state index contributed by atoms with van der Waals surface area (Å²) in [5, 5.41) is 2.98. The van der Waals surface area contributed by atoms with Gasteiger partial charge in [-0.1, -0.05) is 38.2 Å². The molecular formula is C20H28N2O2. The summed E-state index contributed by atoms with van der Waals surface area (Å²) in [6, 6.07) is 7.63. The lowest BCUT2D eigenvalue weighted by Crippen LogP contribution is -2.23. The number of rotatable bonds is 6. The molecule has 0 spiro atoms. The maximum atomic E-state index is 12.2. The predicted octanol–water partition coefficient (Wildman–Crippen LogP) is 4.50. The molecule has 1 aliphatic carbocycles. The number of hydrogen-bond acceptors (Lipinski definition) is 2. The van der Waals surface area contributed by atoms with E-state index in [-0.39, 0.29) is 11.8 Å². The van der Waals surface area contributed by atoms with Crippen LogP contribution < -0.4 is 10.2 Å². The maximum absolute atomic E-state index is 12.2. The van der Waals surface area contributed by atoms with Gasteiger partial charge < -0.3 is 10.2 Å². The monoisotopic (exact) mass is 328 g/mol. The van der Waals surface area contributed by atoms with Gasteiger partial charge in [0.05, 0.1) is 0 Å². The van der Waals surface area contributed by atoms with Gasteiger partial charge in [0.15, 0.2) is 0 Å². The van der Waals surface area contributed by atoms with Crippen LogP contribution in [0.5, 0.6) is 0 Å². The van der Waals surface area contributed by atoms with Gasteiger partial charge in [0.2, 0.25) is 11.8 Å². The minimum absolute atomic E-state index is 0.0794. The van der Waals surface area contributed by atoms with Gasteiger partial charge in [-0.15, -0.1) is 0 Å². The van der Waals surface area contributed by atoms with Crippen molar-refractivity contribution in [3.8, 4) is 0 Å². The smallest absolute Gasteiger partial charge is 0.227 e. The zero-order valence-electron chi connectivity index (χ0n) is 14.4. The highest BCUT2D eigenvalue weighted by Crippen LogP contribution is 2.28. The number of anilines is 2. The van der Waals surface area contributed by atoms with Gasteiger partial charge in [-0.25, -0.2) is 0 Å². The zero-order valence-corrected chi connectivity index (χ0v) is 14.4. The molecule has 2 aliphatic rings. The van der Waals surface area contributed by atoms with Crippen molar-refractivity contribution in [2.45, 2.75) is 64.2 Å². The van der Waals surface area contributed by atoms with Gasteiger partial charge >= 0.3 is 0 Å². The molecule has 2 amide bonds. The van der Waals surface area contributed by atoms with Gasteiger partial charge in [-0.3, -0.25) is 9.59 Å². The average Bonchev–Trinajstić information content (AvgIpc) is 3.02. The van der Waals surface area contributed by atoms with Crippen molar-refractivity contribution in [3.63, 3.8) is 0 Å². The van der Waals surface area contributed by atoms with Crippen LogP contribution in [0.25, 0.3) is 0 Å². The number of carbonyl (C=O) groups excluding carboxylic acids is 2. The number of hydrogen-bond donors (Lipinski definition) is 1. The topological polar surface area (TPSA) is 49.4 Å². The molecule has 130 valence electrons. The Morgan fingerprint density at radius 3 is 2.75 bits per heavy atom. The Kier molecular flexibility index (Phi) is 5.89. The Morgan fingerprint density at radius 2 is 2.00 bits per heavy atom. The van der Waals surface area contributed by atoms with E-state index in [0.717, 1.165) is 36.7 Å². The quantitative estimate of drug-likeness (QED) is 0.835. The highest BCUT2D eigenvalue weighted by atomic mass is 16.2. The first kappa shape index (κ1) is 17.0. The van der Waals surface area contributed by atoms with Crippen molar-refractivity contribution in [3.05, 3.63) is 24.3 Å². The average molecular weight is 328 g/mol. The normalized spacial score (nSPS) is 18.8. The highest BCUT2D eigenvalue weighted by molar-refractivity contribution is 5.97. The molecule has 3 rings (SSSR count). The lowest BCUT2D eigenvalue weighted by molar-refractivity contribution is -0.117. The fourth-order valence-electron chi connectivity index (χ4n) is 3.92. The first-order chi connectivity index (χ1) is 11.7. The van der Waals surface area contributed by atoms with Gasteiger partial charge in [-0.05, 0) is 43.4 Å². The molecule has 0 aromatic heterocycles. The van der Waals surface area contributed by atoms with E-state index in [9.17, 15) is 9.59 Å². The third-order valence-corrected chi connectivity index (χ3v) is 5.26. The number of nitrogens with zero attached hydrogens (tertiary/aromatic N) is 1. The first-order valence-corrected chi connectivity index (χ1v) is 9.42. The van der Waals surface area contributed by atoms with Crippen molar-refractivity contribution in [2.75, 3.05) is 16.8 Å². The Morgan fingerprint density at radius 1 is 1.17 bits per heavy atom. The first-order valence-electron chi connectivity index (χ1n) is 9.42. The number of nitrogens with one attached hydrogen (secondary N) is 1. The van der Waals surface area contributed by atoms with Gasteiger partial charge in [-0.2, -0.15) is 0 Å². The fraction of sp³-hybridized carbons (Fsp3) is 0.600. The predicted molar refractivity (Wildman–Crippen MR) is 97.1 cm³/mol. The van der Waals surface area contributed by atoms with Gasteiger partial charge in [0.25, 0.3) is 0 Å². The number of benzene rings is 1. The molecule has 1 N–H and O–H groups in total. The molecule has 1 aromatic carbocycles. The Hall–Kier alpha value is -1.84. The molecule has 0 atom stereocenters. The van der Waals surface area contributed by atoms with E-state index in [2.05, 4.69) is 5.32 Å². The molecule has 1 aromatic rings. The molecule has 4 nitrogen and oxygen atoms in total. The summed E-state index contributed by atoms with van der Waals surface area (Å²) in [5.74, 6) is 1.08. The van der Waals surface area contributed by atoms with E-state index < -0.39 is 0 Å². The lowest BCUT2D eigenvalue weighted by Gasteiger charge is -2.21. The maximum Gasteiger partial charge on any atom is 0.227 e. The molecule has 0 radical (unpaired) electrons. The molecule has 1 aliphatic heterocycles. The molecule has 0 unspecified atom stereocenters. The van der Waals surface area contributed by atoms with Gasteiger partial charge in [0.1, 0.15) is 0 Å². The van der Waals surface area contributed by atoms with Crippen molar-refractivity contribution in [1.29, 1.82) is 0 Å². The summed E-state index contributed by atoms with van der Waals surface area (Å²) in [6.45, 7) is 0.775. The van der Waals surface area contributed by atoms with Crippen molar-refractivity contribution in [2.24, 2.45) is 5.92 Å². The molecule has 4 heteroatoms. The van der Waals surface area contributed by atoms with Crippen molar-refractivity contribution < 1.29 is 9.59 Å². The molecule has 24 heavy (non-hydrogen) atoms. The molecule has 1 heterocycles. The van der Waals surface area contributed by atoms with E-state index in [1.807, 2.05) is 24.3 Å². The fourth-order valence-corrected chi connectivity index (χ4v) is 3.92. The summed E-state index contributed by atoms with van der Waals surface area (Å²) in [6.07, 6.45) is 11.1. The van der Waals surface area contributed by atoms with Crippen LogP contribution in [0, 0.1) is 5.92 Å². The zero-order chi connectivity index (χ0) is 16.8. The molecular weight excluding hydrogens is 300 g/mol.